The molecule has 0 saturated heterocycles. The minimum absolute atomic E-state index is 0.268. The lowest BCUT2D eigenvalue weighted by molar-refractivity contribution is 0.621. The van der Waals surface area contributed by atoms with Gasteiger partial charge in [0.1, 0.15) is 5.82 Å². The molecule has 2 nitrogen and oxygen atoms in total. The summed E-state index contributed by atoms with van der Waals surface area (Å²) in [6.45, 7) is 2.00. The Hall–Kier alpha value is -0.570. The first kappa shape index (κ1) is 13.9. The molecule has 2 aromatic rings. The van der Waals surface area contributed by atoms with Crippen molar-refractivity contribution in [3.05, 3.63) is 48.9 Å². The number of nitrogen functional groups attached to an aromatic ring is 1. The van der Waals surface area contributed by atoms with Gasteiger partial charge in [-0.05, 0) is 75.9 Å². The van der Waals surface area contributed by atoms with Gasteiger partial charge in [-0.3, -0.25) is 0 Å². The summed E-state index contributed by atoms with van der Waals surface area (Å²) < 4.78 is 15.2. The summed E-state index contributed by atoms with van der Waals surface area (Å²) in [7, 11) is 0. The van der Waals surface area contributed by atoms with Gasteiger partial charge < -0.3 is 11.1 Å². The Balaban J connectivity index is 2.40. The van der Waals surface area contributed by atoms with Crippen molar-refractivity contribution in [2.24, 2.45) is 0 Å². The maximum atomic E-state index is 13.5. The van der Waals surface area contributed by atoms with Crippen molar-refractivity contribution < 1.29 is 4.39 Å². The molecule has 3 N–H and O–H groups in total. The van der Waals surface area contributed by atoms with Crippen LogP contribution in [0.15, 0.2) is 30.3 Å². The van der Waals surface area contributed by atoms with E-state index in [9.17, 15) is 4.39 Å². The maximum absolute atomic E-state index is 13.5. The Kier molecular flexibility index (Phi) is 4.31. The van der Waals surface area contributed by atoms with E-state index in [0.29, 0.717) is 14.9 Å². The Morgan fingerprint density at radius 3 is 2.56 bits per heavy atom. The third kappa shape index (κ3) is 3.05. The zero-order chi connectivity index (χ0) is 13.3. The van der Waals surface area contributed by atoms with Crippen LogP contribution in [0.1, 0.15) is 5.56 Å². The van der Waals surface area contributed by atoms with Crippen LogP contribution in [0.25, 0.3) is 0 Å². The van der Waals surface area contributed by atoms with E-state index < -0.39 is 0 Å². The lowest BCUT2D eigenvalue weighted by Crippen LogP contribution is -2.00. The largest absolute Gasteiger partial charge is 0.397 e. The van der Waals surface area contributed by atoms with Gasteiger partial charge in [0.15, 0.2) is 0 Å². The fourth-order valence-corrected chi connectivity index (χ4v) is 2.53. The maximum Gasteiger partial charge on any atom is 0.138 e. The monoisotopic (exact) mass is 468 g/mol. The first-order valence-electron chi connectivity index (χ1n) is 5.25. The minimum Gasteiger partial charge on any atom is -0.397 e. The summed E-state index contributed by atoms with van der Waals surface area (Å²) in [5.41, 5.74) is 9.06. The molecule has 94 valence electrons. The molecule has 18 heavy (non-hydrogen) atoms. The molecule has 0 heterocycles. The van der Waals surface area contributed by atoms with Crippen LogP contribution in [-0.2, 0) is 0 Å². The van der Waals surface area contributed by atoms with Gasteiger partial charge in [-0.15, -0.1) is 0 Å². The van der Waals surface area contributed by atoms with E-state index in [1.807, 2.05) is 47.7 Å². The molecule has 0 aliphatic heterocycles. The van der Waals surface area contributed by atoms with Crippen molar-refractivity contribution in [3.63, 3.8) is 0 Å². The number of aryl methyl sites for hydroxylation is 1. The molecule has 0 aliphatic carbocycles. The summed E-state index contributed by atoms with van der Waals surface area (Å²) in [4.78, 5) is 0. The second kappa shape index (κ2) is 5.60. The van der Waals surface area contributed by atoms with Gasteiger partial charge in [0, 0.05) is 15.3 Å². The number of hydrogen-bond acceptors (Lipinski definition) is 2. The highest BCUT2D eigenvalue weighted by atomic mass is 127. The minimum atomic E-state index is -0.268. The standard InChI is InChI=1S/C13H11FI2N2/c1-7-2-3-8(15)4-12(7)18-13-5-9(14)10(16)6-11(13)17/h2-6,18H,17H2,1H3. The molecular weight excluding hydrogens is 457 g/mol. The zero-order valence-electron chi connectivity index (χ0n) is 9.60. The van der Waals surface area contributed by atoms with Crippen LogP contribution in [0.2, 0.25) is 0 Å². The SMILES string of the molecule is Cc1ccc(I)cc1Nc1cc(F)c(I)cc1N. The van der Waals surface area contributed by atoms with Crippen molar-refractivity contribution in [2.75, 3.05) is 11.1 Å². The Morgan fingerprint density at radius 1 is 1.11 bits per heavy atom. The van der Waals surface area contributed by atoms with Crippen LogP contribution >= 0.6 is 45.2 Å². The predicted octanol–water partition coefficient (Wildman–Crippen LogP) is 4.67. The molecule has 0 unspecified atom stereocenters. The van der Waals surface area contributed by atoms with Crippen LogP contribution in [0, 0.1) is 19.9 Å². The van der Waals surface area contributed by atoms with E-state index in [-0.39, 0.29) is 5.82 Å². The first-order chi connectivity index (χ1) is 8.47. The van der Waals surface area contributed by atoms with Crippen LogP contribution in [0.4, 0.5) is 21.5 Å². The summed E-state index contributed by atoms with van der Waals surface area (Å²) >= 11 is 4.16. The molecule has 0 aromatic heterocycles. The van der Waals surface area contributed by atoms with Crippen LogP contribution < -0.4 is 11.1 Å². The van der Waals surface area contributed by atoms with E-state index in [4.69, 9.17) is 5.73 Å². The average molecular weight is 468 g/mol. The van der Waals surface area contributed by atoms with Gasteiger partial charge in [-0.25, -0.2) is 4.39 Å². The van der Waals surface area contributed by atoms with E-state index >= 15 is 0 Å². The highest BCUT2D eigenvalue weighted by Gasteiger charge is 2.07. The van der Waals surface area contributed by atoms with E-state index in [2.05, 4.69) is 27.9 Å². The van der Waals surface area contributed by atoms with E-state index in [1.54, 1.807) is 6.07 Å². The van der Waals surface area contributed by atoms with Gasteiger partial charge in [0.2, 0.25) is 0 Å². The van der Waals surface area contributed by atoms with Crippen molar-refractivity contribution in [1.29, 1.82) is 0 Å². The molecule has 0 saturated carbocycles. The quantitative estimate of drug-likeness (QED) is 0.497. The second-order valence-electron chi connectivity index (χ2n) is 3.94. The van der Waals surface area contributed by atoms with Gasteiger partial charge in [-0.2, -0.15) is 0 Å². The number of hydrogen-bond donors (Lipinski definition) is 2. The van der Waals surface area contributed by atoms with Crippen molar-refractivity contribution in [2.45, 2.75) is 6.92 Å². The summed E-state index contributed by atoms with van der Waals surface area (Å²) in [5, 5.41) is 3.18. The fourth-order valence-electron chi connectivity index (χ4n) is 1.54. The van der Waals surface area contributed by atoms with Crippen molar-refractivity contribution in [3.8, 4) is 0 Å². The molecule has 0 fully saturated rings. The van der Waals surface area contributed by atoms with Crippen LogP contribution in [-0.4, -0.2) is 0 Å². The number of nitrogens with two attached hydrogens (primary N) is 1. The topological polar surface area (TPSA) is 38.0 Å². The average Bonchev–Trinajstić information content (AvgIpc) is 2.30. The third-order valence-corrected chi connectivity index (χ3v) is 4.06. The molecule has 5 heteroatoms. The smallest absolute Gasteiger partial charge is 0.138 e. The highest BCUT2D eigenvalue weighted by Crippen LogP contribution is 2.29. The second-order valence-corrected chi connectivity index (χ2v) is 6.35. The van der Waals surface area contributed by atoms with Crippen LogP contribution in [0.3, 0.4) is 0 Å². The molecule has 0 radical (unpaired) electrons. The molecule has 0 aliphatic rings. The number of benzene rings is 2. The normalized spacial score (nSPS) is 10.4. The Labute approximate surface area is 132 Å². The van der Waals surface area contributed by atoms with Crippen molar-refractivity contribution >= 4 is 62.2 Å². The van der Waals surface area contributed by atoms with Gasteiger partial charge in [0.25, 0.3) is 0 Å². The number of nitrogens with one attached hydrogen (secondary N) is 1. The van der Waals surface area contributed by atoms with Crippen molar-refractivity contribution in [1.82, 2.24) is 0 Å². The Bertz CT molecular complexity index is 600. The summed E-state index contributed by atoms with van der Waals surface area (Å²) in [6.07, 6.45) is 0. The molecule has 0 amide bonds. The lowest BCUT2D eigenvalue weighted by atomic mass is 10.2. The zero-order valence-corrected chi connectivity index (χ0v) is 13.9. The molecule has 2 rings (SSSR count). The number of halogens is 3. The highest BCUT2D eigenvalue weighted by molar-refractivity contribution is 14.1. The van der Waals surface area contributed by atoms with Gasteiger partial charge >= 0.3 is 0 Å². The van der Waals surface area contributed by atoms with Gasteiger partial charge in [-0.1, -0.05) is 6.07 Å². The fraction of sp³-hybridized carbons (Fsp3) is 0.0769. The predicted molar refractivity (Wildman–Crippen MR) is 90.7 cm³/mol. The molecule has 0 spiro atoms. The van der Waals surface area contributed by atoms with E-state index in [1.165, 1.54) is 6.07 Å². The van der Waals surface area contributed by atoms with E-state index in [0.717, 1.165) is 14.8 Å². The molecule has 0 bridgehead atoms. The molecule has 0 atom stereocenters. The summed E-state index contributed by atoms with van der Waals surface area (Å²) in [5.74, 6) is -0.268. The molecule has 2 aromatic carbocycles. The number of anilines is 3. The lowest BCUT2D eigenvalue weighted by Gasteiger charge is -2.13. The molecular formula is C13H11FI2N2. The van der Waals surface area contributed by atoms with Gasteiger partial charge in [0.05, 0.1) is 14.9 Å². The first-order valence-corrected chi connectivity index (χ1v) is 7.41. The Morgan fingerprint density at radius 2 is 1.83 bits per heavy atom. The summed E-state index contributed by atoms with van der Waals surface area (Å²) in [6, 6.07) is 9.10. The third-order valence-electron chi connectivity index (χ3n) is 2.56. The van der Waals surface area contributed by atoms with Crippen LogP contribution in [0.5, 0.6) is 0 Å². The number of rotatable bonds is 2.